The van der Waals surface area contributed by atoms with Crippen LogP contribution in [0.3, 0.4) is 0 Å². The molecule has 2 atom stereocenters. The lowest BCUT2D eigenvalue weighted by molar-refractivity contribution is -0.142. The van der Waals surface area contributed by atoms with Crippen LogP contribution in [-0.4, -0.2) is 74.4 Å². The van der Waals surface area contributed by atoms with E-state index in [-0.39, 0.29) is 31.1 Å². The van der Waals surface area contributed by atoms with Gasteiger partial charge < -0.3 is 15.0 Å². The Hall–Kier alpha value is -1.87. The maximum atomic E-state index is 13.2. The highest BCUT2D eigenvalue weighted by Gasteiger charge is 2.30. The van der Waals surface area contributed by atoms with E-state index >= 15 is 0 Å². The lowest BCUT2D eigenvalue weighted by Crippen LogP contribution is -2.51. The second-order valence-corrected chi connectivity index (χ2v) is 6.98. The van der Waals surface area contributed by atoms with Crippen LogP contribution >= 0.6 is 0 Å². The molecule has 0 bridgehead atoms. The van der Waals surface area contributed by atoms with Crippen LogP contribution in [0.25, 0.3) is 0 Å². The molecule has 1 saturated heterocycles. The van der Waals surface area contributed by atoms with Crippen molar-refractivity contribution in [1.82, 2.24) is 15.1 Å². The largest absolute Gasteiger partial charge is 0.401 e. The zero-order chi connectivity index (χ0) is 20.7. The van der Waals surface area contributed by atoms with Crippen molar-refractivity contribution < 1.29 is 22.3 Å². The van der Waals surface area contributed by atoms with Gasteiger partial charge in [0.1, 0.15) is 11.9 Å². The van der Waals surface area contributed by atoms with Gasteiger partial charge in [-0.05, 0) is 38.6 Å². The van der Waals surface area contributed by atoms with Gasteiger partial charge in [0.05, 0.1) is 25.7 Å². The van der Waals surface area contributed by atoms with E-state index in [1.807, 2.05) is 18.7 Å². The van der Waals surface area contributed by atoms with Gasteiger partial charge in [0, 0.05) is 19.6 Å². The molecule has 1 N–H and O–H groups in total. The molecule has 1 aromatic rings. The molecule has 2 unspecified atom stereocenters. The van der Waals surface area contributed by atoms with Gasteiger partial charge in [0.15, 0.2) is 5.96 Å². The van der Waals surface area contributed by atoms with E-state index in [4.69, 9.17) is 4.74 Å². The SMILES string of the molecule is CCNC(=NCCN(C)CC(F)(F)F)N1CC(C)OC(c2ccc(F)cc2)C1. The molecule has 1 fully saturated rings. The van der Waals surface area contributed by atoms with Gasteiger partial charge in [-0.1, -0.05) is 12.1 Å². The topological polar surface area (TPSA) is 40.1 Å². The van der Waals surface area contributed by atoms with Crippen LogP contribution in [0.2, 0.25) is 0 Å². The third-order valence-electron chi connectivity index (χ3n) is 4.33. The number of rotatable bonds is 6. The van der Waals surface area contributed by atoms with Crippen LogP contribution in [0.15, 0.2) is 29.3 Å². The first-order chi connectivity index (χ1) is 13.2. The molecule has 0 radical (unpaired) electrons. The number of alkyl halides is 3. The van der Waals surface area contributed by atoms with Crippen molar-refractivity contribution >= 4 is 5.96 Å². The van der Waals surface area contributed by atoms with Crippen molar-refractivity contribution in [1.29, 1.82) is 0 Å². The van der Waals surface area contributed by atoms with Gasteiger partial charge in [-0.15, -0.1) is 0 Å². The van der Waals surface area contributed by atoms with Crippen molar-refractivity contribution in [3.8, 4) is 0 Å². The zero-order valence-corrected chi connectivity index (χ0v) is 16.5. The summed E-state index contributed by atoms with van der Waals surface area (Å²) >= 11 is 0. The summed E-state index contributed by atoms with van der Waals surface area (Å²) in [6.45, 7) is 5.17. The van der Waals surface area contributed by atoms with E-state index < -0.39 is 12.7 Å². The Morgan fingerprint density at radius 1 is 1.29 bits per heavy atom. The Balaban J connectivity index is 2.03. The average molecular weight is 404 g/mol. The molecular weight excluding hydrogens is 376 g/mol. The van der Waals surface area contributed by atoms with Gasteiger partial charge in [-0.2, -0.15) is 13.2 Å². The first-order valence-corrected chi connectivity index (χ1v) is 9.37. The van der Waals surface area contributed by atoms with Gasteiger partial charge in [-0.3, -0.25) is 9.89 Å². The summed E-state index contributed by atoms with van der Waals surface area (Å²) in [5, 5.41) is 3.20. The fourth-order valence-corrected chi connectivity index (χ4v) is 3.12. The number of ether oxygens (including phenoxy) is 1. The van der Waals surface area contributed by atoms with Gasteiger partial charge in [0.2, 0.25) is 0 Å². The number of benzene rings is 1. The van der Waals surface area contributed by atoms with E-state index in [9.17, 15) is 17.6 Å². The minimum atomic E-state index is -4.22. The highest BCUT2D eigenvalue weighted by Crippen LogP contribution is 2.25. The van der Waals surface area contributed by atoms with Crippen LogP contribution in [0.4, 0.5) is 17.6 Å². The molecular formula is C19H28F4N4O. The Kier molecular flexibility index (Phi) is 8.06. The number of aliphatic imine (C=N–C) groups is 1. The highest BCUT2D eigenvalue weighted by molar-refractivity contribution is 5.80. The molecule has 1 aromatic carbocycles. The standard InChI is InChI=1S/C19H28F4N4O/c1-4-24-18(25-9-10-26(3)13-19(21,22)23)27-11-14(2)28-17(12-27)15-5-7-16(20)8-6-15/h5-8,14,17H,4,9-13H2,1-3H3,(H,24,25). The fraction of sp³-hybridized carbons (Fsp3) is 0.632. The van der Waals surface area contributed by atoms with Crippen LogP contribution in [0.1, 0.15) is 25.5 Å². The lowest BCUT2D eigenvalue weighted by atomic mass is 10.1. The molecule has 0 aromatic heterocycles. The fourth-order valence-electron chi connectivity index (χ4n) is 3.12. The minimum absolute atomic E-state index is 0.0689. The Labute approximate surface area is 163 Å². The minimum Gasteiger partial charge on any atom is -0.367 e. The number of likely N-dealkylation sites (N-methyl/N-ethyl adjacent to an activating group) is 1. The Bertz CT molecular complexity index is 636. The number of halogens is 4. The van der Waals surface area contributed by atoms with Crippen molar-refractivity contribution in [3.63, 3.8) is 0 Å². The second kappa shape index (κ2) is 10.1. The van der Waals surface area contributed by atoms with Crippen LogP contribution in [-0.2, 0) is 4.74 Å². The van der Waals surface area contributed by atoms with E-state index in [1.165, 1.54) is 24.1 Å². The van der Waals surface area contributed by atoms with Crippen molar-refractivity contribution in [3.05, 3.63) is 35.6 Å². The van der Waals surface area contributed by atoms with E-state index in [0.29, 0.717) is 25.6 Å². The lowest BCUT2D eigenvalue weighted by Gasteiger charge is -2.38. The molecule has 158 valence electrons. The molecule has 0 aliphatic carbocycles. The number of morpholine rings is 1. The molecule has 0 spiro atoms. The summed E-state index contributed by atoms with van der Waals surface area (Å²) in [5.41, 5.74) is 0.874. The summed E-state index contributed by atoms with van der Waals surface area (Å²) in [6.07, 6.45) is -4.52. The van der Waals surface area contributed by atoms with E-state index in [1.54, 1.807) is 12.1 Å². The number of nitrogens with one attached hydrogen (secondary N) is 1. The number of hydrogen-bond acceptors (Lipinski definition) is 3. The Morgan fingerprint density at radius 2 is 1.96 bits per heavy atom. The number of guanidine groups is 1. The summed E-state index contributed by atoms with van der Waals surface area (Å²) in [5.74, 6) is 0.340. The molecule has 1 heterocycles. The summed E-state index contributed by atoms with van der Waals surface area (Å²) in [7, 11) is 1.43. The average Bonchev–Trinajstić information content (AvgIpc) is 2.59. The molecule has 1 aliphatic rings. The van der Waals surface area contributed by atoms with Crippen LogP contribution < -0.4 is 5.32 Å². The van der Waals surface area contributed by atoms with Gasteiger partial charge in [-0.25, -0.2) is 4.39 Å². The van der Waals surface area contributed by atoms with E-state index in [0.717, 1.165) is 5.56 Å². The quantitative estimate of drug-likeness (QED) is 0.450. The van der Waals surface area contributed by atoms with E-state index in [2.05, 4.69) is 10.3 Å². The molecule has 2 rings (SSSR count). The van der Waals surface area contributed by atoms with Crippen molar-refractivity contribution in [2.45, 2.75) is 32.2 Å². The summed E-state index contributed by atoms with van der Waals surface area (Å²) in [4.78, 5) is 7.73. The molecule has 0 amide bonds. The molecule has 28 heavy (non-hydrogen) atoms. The first-order valence-electron chi connectivity index (χ1n) is 9.37. The highest BCUT2D eigenvalue weighted by atomic mass is 19.4. The molecule has 1 aliphatic heterocycles. The van der Waals surface area contributed by atoms with Crippen LogP contribution in [0, 0.1) is 5.82 Å². The Morgan fingerprint density at radius 3 is 2.57 bits per heavy atom. The van der Waals surface area contributed by atoms with Gasteiger partial charge >= 0.3 is 6.18 Å². The van der Waals surface area contributed by atoms with Crippen LogP contribution in [0.5, 0.6) is 0 Å². The molecule has 5 nitrogen and oxygen atoms in total. The number of nitrogens with zero attached hydrogens (tertiary/aromatic N) is 3. The number of hydrogen-bond donors (Lipinski definition) is 1. The normalized spacial score (nSPS) is 21.3. The predicted octanol–water partition coefficient (Wildman–Crippen LogP) is 3.05. The van der Waals surface area contributed by atoms with Gasteiger partial charge in [0.25, 0.3) is 0 Å². The molecule has 9 heteroatoms. The summed E-state index contributed by atoms with van der Waals surface area (Å²) < 4.78 is 56.5. The van der Waals surface area contributed by atoms with Crippen molar-refractivity contribution in [2.24, 2.45) is 4.99 Å². The monoisotopic (exact) mass is 404 g/mol. The maximum Gasteiger partial charge on any atom is 0.401 e. The molecule has 0 saturated carbocycles. The zero-order valence-electron chi connectivity index (χ0n) is 16.5. The predicted molar refractivity (Wildman–Crippen MR) is 101 cm³/mol. The van der Waals surface area contributed by atoms with Crippen molar-refractivity contribution in [2.75, 3.05) is 46.3 Å². The maximum absolute atomic E-state index is 13.2. The second-order valence-electron chi connectivity index (χ2n) is 6.98. The third-order valence-corrected chi connectivity index (χ3v) is 4.33. The third kappa shape index (κ3) is 7.27. The smallest absolute Gasteiger partial charge is 0.367 e. The summed E-state index contributed by atoms with van der Waals surface area (Å²) in [6, 6.07) is 6.20. The first kappa shape index (κ1) is 22.4.